The highest BCUT2D eigenvalue weighted by Crippen LogP contribution is 2.35. The van der Waals surface area contributed by atoms with Crippen molar-refractivity contribution in [2.45, 2.75) is 13.5 Å². The number of rotatable bonds is 5. The number of carbonyl (C=O) groups excluding carboxylic acids is 3. The molecule has 0 N–H and O–H groups in total. The van der Waals surface area contributed by atoms with Gasteiger partial charge in [-0.2, -0.15) is 0 Å². The number of benzene rings is 1. The Balaban J connectivity index is 1.56. The summed E-state index contributed by atoms with van der Waals surface area (Å²) in [7, 11) is 0. The molecule has 0 bridgehead atoms. The van der Waals surface area contributed by atoms with Crippen LogP contribution in [0.4, 0.5) is 20.0 Å². The van der Waals surface area contributed by atoms with Crippen molar-refractivity contribution in [3.05, 3.63) is 68.5 Å². The number of thioether (sulfide) groups is 1. The van der Waals surface area contributed by atoms with Crippen LogP contribution in [-0.4, -0.2) is 26.9 Å². The van der Waals surface area contributed by atoms with E-state index in [4.69, 9.17) is 0 Å². The Labute approximate surface area is 183 Å². The molecule has 152 valence electrons. The van der Waals surface area contributed by atoms with Gasteiger partial charge in [0.1, 0.15) is 5.82 Å². The Hall–Kier alpha value is -2.82. The molecule has 30 heavy (non-hydrogen) atoms. The van der Waals surface area contributed by atoms with Gasteiger partial charge in [-0.25, -0.2) is 9.37 Å². The monoisotopic (exact) mass is 459 g/mol. The van der Waals surface area contributed by atoms with E-state index in [2.05, 4.69) is 4.98 Å². The fourth-order valence-corrected chi connectivity index (χ4v) is 5.24. The molecule has 1 saturated heterocycles. The highest BCUT2D eigenvalue weighted by Gasteiger charge is 2.35. The lowest BCUT2D eigenvalue weighted by Gasteiger charge is -2.18. The number of nitrogens with zero attached hydrogens (tertiary/aromatic N) is 3. The molecule has 1 aromatic carbocycles. The molecule has 6 nitrogen and oxygen atoms in total. The minimum Gasteiger partial charge on any atom is -0.274 e. The van der Waals surface area contributed by atoms with Crippen molar-refractivity contribution in [3.63, 3.8) is 0 Å². The van der Waals surface area contributed by atoms with Crippen molar-refractivity contribution in [3.8, 4) is 0 Å². The van der Waals surface area contributed by atoms with Crippen molar-refractivity contribution in [1.29, 1.82) is 0 Å². The fraction of sp³-hybridized carbons (Fsp3) is 0.100. The summed E-state index contributed by atoms with van der Waals surface area (Å²) < 4.78 is 14.2. The van der Waals surface area contributed by atoms with Gasteiger partial charge in [0, 0.05) is 17.2 Å². The zero-order valence-electron chi connectivity index (χ0n) is 15.6. The Morgan fingerprint density at radius 1 is 1.20 bits per heavy atom. The summed E-state index contributed by atoms with van der Waals surface area (Å²) in [6, 6.07) is 9.65. The third-order valence-corrected chi connectivity index (χ3v) is 6.75. The lowest BCUT2D eigenvalue weighted by molar-refractivity contribution is -0.123. The molecule has 0 spiro atoms. The van der Waals surface area contributed by atoms with Crippen LogP contribution in [0.5, 0.6) is 0 Å². The van der Waals surface area contributed by atoms with E-state index in [0.717, 1.165) is 32.9 Å². The number of imide groups is 1. The van der Waals surface area contributed by atoms with Gasteiger partial charge in [-0.1, -0.05) is 18.2 Å². The molecule has 0 aliphatic carbocycles. The molecule has 1 fully saturated rings. The zero-order chi connectivity index (χ0) is 21.3. The van der Waals surface area contributed by atoms with E-state index in [1.54, 1.807) is 17.5 Å². The number of amides is 3. The number of aromatic nitrogens is 1. The average Bonchev–Trinajstić information content (AvgIpc) is 3.43. The maximum atomic E-state index is 14.2. The number of hydrogen-bond donors (Lipinski definition) is 0. The summed E-state index contributed by atoms with van der Waals surface area (Å²) in [5.74, 6) is -1.33. The second-order valence-electron chi connectivity index (χ2n) is 6.21. The van der Waals surface area contributed by atoms with Gasteiger partial charge >= 0.3 is 0 Å². The smallest absolute Gasteiger partial charge is 0.274 e. The van der Waals surface area contributed by atoms with Gasteiger partial charge in [0.2, 0.25) is 5.91 Å². The first kappa shape index (κ1) is 20.5. The molecule has 10 heteroatoms. The van der Waals surface area contributed by atoms with E-state index >= 15 is 0 Å². The molecule has 0 saturated carbocycles. The van der Waals surface area contributed by atoms with Gasteiger partial charge in [0.25, 0.3) is 11.1 Å². The lowest BCUT2D eigenvalue weighted by atomic mass is 10.3. The third kappa shape index (κ3) is 4.07. The normalized spacial score (nSPS) is 15.3. The van der Waals surface area contributed by atoms with Gasteiger partial charge in [0.15, 0.2) is 5.13 Å². The number of halogens is 1. The predicted molar refractivity (Wildman–Crippen MR) is 117 cm³/mol. The summed E-state index contributed by atoms with van der Waals surface area (Å²) in [5.41, 5.74) is 0.535. The van der Waals surface area contributed by atoms with E-state index in [9.17, 15) is 18.8 Å². The first-order valence-corrected chi connectivity index (χ1v) is 11.3. The molecule has 1 aliphatic rings. The highest BCUT2D eigenvalue weighted by molar-refractivity contribution is 8.18. The van der Waals surface area contributed by atoms with Crippen LogP contribution in [0, 0.1) is 5.82 Å². The van der Waals surface area contributed by atoms with Crippen LogP contribution in [0.1, 0.15) is 17.5 Å². The van der Waals surface area contributed by atoms with Gasteiger partial charge in [-0.3, -0.25) is 24.2 Å². The average molecular weight is 460 g/mol. The molecule has 1 aliphatic heterocycles. The van der Waals surface area contributed by atoms with E-state index in [1.165, 1.54) is 41.4 Å². The SMILES string of the molecule is CC(=O)N(c1nc(CN2C(=O)S/C(=C\c3cccs3)C2=O)cs1)c1ccccc1F. The van der Waals surface area contributed by atoms with Gasteiger partial charge in [-0.15, -0.1) is 22.7 Å². The van der Waals surface area contributed by atoms with Crippen LogP contribution in [0.15, 0.2) is 52.1 Å². The number of anilines is 2. The number of carbonyl (C=O) groups is 3. The van der Waals surface area contributed by atoms with Crippen LogP contribution in [0.25, 0.3) is 6.08 Å². The summed E-state index contributed by atoms with van der Waals surface area (Å²) in [4.78, 5) is 45.0. The first-order chi connectivity index (χ1) is 14.4. The molecular formula is C20H14FN3O3S3. The lowest BCUT2D eigenvalue weighted by Crippen LogP contribution is -2.28. The minimum atomic E-state index is -0.547. The Morgan fingerprint density at radius 2 is 2.00 bits per heavy atom. The van der Waals surface area contributed by atoms with Crippen molar-refractivity contribution < 1.29 is 18.8 Å². The Morgan fingerprint density at radius 3 is 2.70 bits per heavy atom. The van der Waals surface area contributed by atoms with Crippen molar-refractivity contribution >= 4 is 68.4 Å². The molecule has 2 aromatic heterocycles. The van der Waals surface area contributed by atoms with Crippen molar-refractivity contribution in [2.75, 3.05) is 4.90 Å². The maximum Gasteiger partial charge on any atom is 0.293 e. The molecule has 3 amide bonds. The van der Waals surface area contributed by atoms with E-state index in [-0.39, 0.29) is 28.5 Å². The molecule has 3 heterocycles. The Bertz CT molecular complexity index is 1160. The van der Waals surface area contributed by atoms with E-state index < -0.39 is 11.7 Å². The number of thiazole rings is 1. The topological polar surface area (TPSA) is 70.6 Å². The summed E-state index contributed by atoms with van der Waals surface area (Å²) in [6.07, 6.45) is 1.69. The molecule has 0 unspecified atom stereocenters. The van der Waals surface area contributed by atoms with Gasteiger partial charge in [-0.05, 0) is 41.4 Å². The fourth-order valence-electron chi connectivity index (χ4n) is 2.81. The number of thiophene rings is 1. The summed E-state index contributed by atoms with van der Waals surface area (Å²) >= 11 is 3.50. The molecular weight excluding hydrogens is 445 g/mol. The van der Waals surface area contributed by atoms with Gasteiger partial charge < -0.3 is 0 Å². The molecule has 3 aromatic rings. The van der Waals surface area contributed by atoms with Crippen molar-refractivity contribution in [2.24, 2.45) is 0 Å². The van der Waals surface area contributed by atoms with Crippen LogP contribution in [-0.2, 0) is 16.1 Å². The second-order valence-corrected chi connectivity index (χ2v) is 9.02. The van der Waals surface area contributed by atoms with E-state index in [1.807, 2.05) is 17.5 Å². The zero-order valence-corrected chi connectivity index (χ0v) is 18.0. The number of para-hydroxylation sites is 1. The summed E-state index contributed by atoms with van der Waals surface area (Å²) in [6.45, 7) is 1.30. The maximum absolute atomic E-state index is 14.2. The van der Waals surface area contributed by atoms with Crippen molar-refractivity contribution in [1.82, 2.24) is 9.88 Å². The molecule has 0 atom stereocenters. The number of hydrogen-bond acceptors (Lipinski definition) is 7. The predicted octanol–water partition coefficient (Wildman–Crippen LogP) is 5.26. The summed E-state index contributed by atoms with van der Waals surface area (Å²) in [5, 5.41) is 3.43. The second kappa shape index (κ2) is 8.50. The minimum absolute atomic E-state index is 0.0219. The quantitative estimate of drug-likeness (QED) is 0.487. The highest BCUT2D eigenvalue weighted by atomic mass is 32.2. The van der Waals surface area contributed by atoms with E-state index in [0.29, 0.717) is 10.6 Å². The largest absolute Gasteiger partial charge is 0.293 e. The van der Waals surface area contributed by atoms with Crippen LogP contribution >= 0.6 is 34.4 Å². The van der Waals surface area contributed by atoms with Gasteiger partial charge in [0.05, 0.1) is 22.8 Å². The van der Waals surface area contributed by atoms with Crippen LogP contribution < -0.4 is 4.90 Å². The van der Waals surface area contributed by atoms with Crippen LogP contribution in [0.2, 0.25) is 0 Å². The first-order valence-electron chi connectivity index (χ1n) is 8.72. The molecule has 0 radical (unpaired) electrons. The third-order valence-electron chi connectivity index (χ3n) is 4.15. The molecule has 4 rings (SSSR count). The standard InChI is InChI=1S/C20H14FN3O3S3/c1-12(25)24(16-7-3-2-6-15(16)21)19-22-13(11-29-19)10-23-18(26)17(30-20(23)27)9-14-5-4-8-28-14/h2-9,11H,10H2,1H3/b17-9-. The van der Waals surface area contributed by atoms with Crippen LogP contribution in [0.3, 0.4) is 0 Å². The Kier molecular flexibility index (Phi) is 5.80.